The van der Waals surface area contributed by atoms with E-state index in [0.717, 1.165) is 10.8 Å². The highest BCUT2D eigenvalue weighted by Gasteiger charge is 2.30. The van der Waals surface area contributed by atoms with Gasteiger partial charge in [-0.05, 0) is 30.5 Å². The quantitative estimate of drug-likeness (QED) is 0.565. The maximum atomic E-state index is 12.9. The smallest absolute Gasteiger partial charge is 0.395 e. The minimum Gasteiger partial charge on any atom is -0.395 e. The maximum absolute atomic E-state index is 12.9. The van der Waals surface area contributed by atoms with Crippen molar-refractivity contribution in [1.29, 1.82) is 0 Å². The second-order valence-corrected chi connectivity index (χ2v) is 6.36. The first kappa shape index (κ1) is 15.6. The van der Waals surface area contributed by atoms with E-state index in [1.807, 2.05) is 42.5 Å². The molecule has 0 aliphatic heterocycles. The van der Waals surface area contributed by atoms with Crippen molar-refractivity contribution in [2.75, 3.05) is 6.61 Å². The Morgan fingerprint density at radius 2 is 1.52 bits per heavy atom. The van der Waals surface area contributed by atoms with Gasteiger partial charge in [-0.3, -0.25) is 4.52 Å². The average Bonchev–Trinajstić information content (AvgIpc) is 2.56. The largest absolute Gasteiger partial charge is 0.587 e. The van der Waals surface area contributed by atoms with Crippen LogP contribution in [0.3, 0.4) is 0 Å². The van der Waals surface area contributed by atoms with Gasteiger partial charge in [0.25, 0.3) is 0 Å². The lowest BCUT2D eigenvalue weighted by Crippen LogP contribution is -2.05. The van der Waals surface area contributed by atoms with Crippen LogP contribution in [0.4, 0.5) is 0 Å². The molecule has 1 unspecified atom stereocenters. The van der Waals surface area contributed by atoms with Crippen molar-refractivity contribution in [3.63, 3.8) is 0 Å². The summed E-state index contributed by atoms with van der Waals surface area (Å²) >= 11 is 0. The van der Waals surface area contributed by atoms with Gasteiger partial charge in [-0.25, -0.2) is 4.57 Å². The molecule has 4 nitrogen and oxygen atoms in total. The van der Waals surface area contributed by atoms with Gasteiger partial charge in [-0.1, -0.05) is 54.6 Å². The van der Waals surface area contributed by atoms with Gasteiger partial charge in [0.2, 0.25) is 0 Å². The highest BCUT2D eigenvalue weighted by Crippen LogP contribution is 2.50. The summed E-state index contributed by atoms with van der Waals surface area (Å²) in [6.07, 6.45) is 0. The third-order valence-electron chi connectivity index (χ3n) is 3.21. The van der Waals surface area contributed by atoms with Crippen LogP contribution in [0.2, 0.25) is 0 Å². The first-order valence-electron chi connectivity index (χ1n) is 7.37. The molecule has 0 heterocycles. The predicted molar refractivity (Wildman–Crippen MR) is 90.9 cm³/mol. The molecule has 0 fully saturated rings. The van der Waals surface area contributed by atoms with Gasteiger partial charge in [-0.2, -0.15) is 0 Å². The molecule has 0 saturated carbocycles. The van der Waals surface area contributed by atoms with Gasteiger partial charge in [0.05, 0.1) is 6.61 Å². The summed E-state index contributed by atoms with van der Waals surface area (Å²) in [5.41, 5.74) is 0. The minimum absolute atomic E-state index is 0.217. The first-order valence-corrected chi connectivity index (χ1v) is 8.83. The van der Waals surface area contributed by atoms with E-state index in [1.54, 1.807) is 37.3 Å². The molecule has 0 amide bonds. The molecule has 3 rings (SSSR count). The molecular formula is C18H17O4P. The van der Waals surface area contributed by atoms with Crippen LogP contribution in [-0.4, -0.2) is 6.61 Å². The van der Waals surface area contributed by atoms with Crippen molar-refractivity contribution in [2.24, 2.45) is 0 Å². The van der Waals surface area contributed by atoms with E-state index in [0.29, 0.717) is 11.5 Å². The fourth-order valence-corrected chi connectivity index (χ4v) is 3.47. The number of phosphoric ester groups is 1. The number of hydrogen-bond donors (Lipinski definition) is 0. The number of benzene rings is 3. The Bertz CT molecular complexity index is 827. The van der Waals surface area contributed by atoms with Crippen molar-refractivity contribution in [2.45, 2.75) is 6.92 Å². The number of para-hydroxylation sites is 1. The molecule has 0 radical (unpaired) electrons. The summed E-state index contributed by atoms with van der Waals surface area (Å²) in [5, 5.41) is 1.85. The zero-order chi connectivity index (χ0) is 16.1. The predicted octanol–water partition coefficient (Wildman–Crippen LogP) is 5.44. The lowest BCUT2D eigenvalue weighted by molar-refractivity contribution is 0.220. The molecule has 0 N–H and O–H groups in total. The standard InChI is InChI=1S/C18H17O4P/c1-2-20-23(19,21-16-11-4-3-5-12-16)22-18-14-8-10-15-9-6-7-13-17(15)18/h3-14H,2H2,1H3. The van der Waals surface area contributed by atoms with E-state index in [-0.39, 0.29) is 6.61 Å². The number of fused-ring (bicyclic) bond motifs is 1. The molecule has 0 aromatic heterocycles. The molecule has 5 heteroatoms. The van der Waals surface area contributed by atoms with Crippen LogP contribution in [-0.2, 0) is 9.09 Å². The molecule has 118 valence electrons. The van der Waals surface area contributed by atoms with Gasteiger partial charge in [-0.15, -0.1) is 0 Å². The van der Waals surface area contributed by atoms with Crippen molar-refractivity contribution in [1.82, 2.24) is 0 Å². The molecule has 3 aromatic carbocycles. The van der Waals surface area contributed by atoms with Gasteiger partial charge in [0, 0.05) is 5.39 Å². The Morgan fingerprint density at radius 1 is 0.826 bits per heavy atom. The minimum atomic E-state index is -3.77. The molecule has 0 aliphatic rings. The van der Waals surface area contributed by atoms with Crippen LogP contribution >= 0.6 is 7.82 Å². The van der Waals surface area contributed by atoms with Gasteiger partial charge in [0.15, 0.2) is 0 Å². The van der Waals surface area contributed by atoms with Crippen LogP contribution in [0.25, 0.3) is 10.8 Å². The third-order valence-corrected chi connectivity index (χ3v) is 4.64. The summed E-state index contributed by atoms with van der Waals surface area (Å²) < 4.78 is 29.4. The monoisotopic (exact) mass is 328 g/mol. The summed E-state index contributed by atoms with van der Waals surface area (Å²) in [6, 6.07) is 22.1. The van der Waals surface area contributed by atoms with Gasteiger partial charge < -0.3 is 9.05 Å². The second kappa shape index (κ2) is 6.86. The molecule has 1 atom stereocenters. The summed E-state index contributed by atoms with van der Waals surface area (Å²) in [6.45, 7) is 1.96. The van der Waals surface area contributed by atoms with E-state index in [1.165, 1.54) is 0 Å². The number of phosphoric acid groups is 1. The van der Waals surface area contributed by atoms with Crippen molar-refractivity contribution < 1.29 is 18.1 Å². The maximum Gasteiger partial charge on any atom is 0.587 e. The average molecular weight is 328 g/mol. The zero-order valence-corrected chi connectivity index (χ0v) is 13.6. The number of hydrogen-bond acceptors (Lipinski definition) is 4. The molecule has 3 aromatic rings. The van der Waals surface area contributed by atoms with Crippen LogP contribution in [0.1, 0.15) is 6.92 Å². The van der Waals surface area contributed by atoms with Crippen molar-refractivity contribution >= 4 is 18.6 Å². The van der Waals surface area contributed by atoms with E-state index in [9.17, 15) is 4.57 Å². The summed E-state index contributed by atoms with van der Waals surface area (Å²) in [4.78, 5) is 0. The second-order valence-electron chi connectivity index (χ2n) is 4.84. The molecule has 0 saturated heterocycles. The van der Waals surface area contributed by atoms with E-state index in [2.05, 4.69) is 0 Å². The topological polar surface area (TPSA) is 44.8 Å². The first-order chi connectivity index (χ1) is 11.2. The zero-order valence-electron chi connectivity index (χ0n) is 12.7. The normalized spacial score (nSPS) is 13.4. The summed E-state index contributed by atoms with van der Waals surface area (Å²) in [5.74, 6) is 0.903. The molecule has 0 spiro atoms. The molecule has 23 heavy (non-hydrogen) atoms. The Hall–Kier alpha value is -2.29. The lowest BCUT2D eigenvalue weighted by Gasteiger charge is -2.19. The Labute approximate surface area is 135 Å². The van der Waals surface area contributed by atoms with Crippen molar-refractivity contribution in [3.8, 4) is 11.5 Å². The van der Waals surface area contributed by atoms with Crippen LogP contribution < -0.4 is 9.05 Å². The highest BCUT2D eigenvalue weighted by molar-refractivity contribution is 7.49. The van der Waals surface area contributed by atoms with Crippen LogP contribution in [0.15, 0.2) is 72.8 Å². The SMILES string of the molecule is CCOP(=O)(Oc1ccccc1)Oc1cccc2ccccc12. The third kappa shape index (κ3) is 3.73. The molecular weight excluding hydrogens is 311 g/mol. The van der Waals surface area contributed by atoms with Crippen molar-refractivity contribution in [3.05, 3.63) is 72.8 Å². The summed E-state index contributed by atoms with van der Waals surface area (Å²) in [7, 11) is -3.77. The number of rotatable bonds is 6. The van der Waals surface area contributed by atoms with Crippen LogP contribution in [0.5, 0.6) is 11.5 Å². The fourth-order valence-electron chi connectivity index (χ4n) is 2.24. The Morgan fingerprint density at radius 3 is 2.30 bits per heavy atom. The Balaban J connectivity index is 1.93. The molecule has 0 bridgehead atoms. The van der Waals surface area contributed by atoms with E-state index >= 15 is 0 Å². The molecule has 0 aliphatic carbocycles. The van der Waals surface area contributed by atoms with Gasteiger partial charge >= 0.3 is 7.82 Å². The van der Waals surface area contributed by atoms with E-state index in [4.69, 9.17) is 13.6 Å². The fraction of sp³-hybridized carbons (Fsp3) is 0.111. The Kier molecular flexibility index (Phi) is 4.65. The van der Waals surface area contributed by atoms with E-state index < -0.39 is 7.82 Å². The lowest BCUT2D eigenvalue weighted by atomic mass is 10.1. The van der Waals surface area contributed by atoms with Gasteiger partial charge in [0.1, 0.15) is 11.5 Å². The van der Waals surface area contributed by atoms with Crippen LogP contribution in [0, 0.1) is 0 Å². The highest BCUT2D eigenvalue weighted by atomic mass is 31.2.